The van der Waals surface area contributed by atoms with E-state index in [0.29, 0.717) is 9.49 Å². The minimum atomic E-state index is -0.130. The number of ether oxygens (including phenoxy) is 1. The highest BCUT2D eigenvalue weighted by molar-refractivity contribution is 7.15. The second-order valence-electron chi connectivity index (χ2n) is 5.88. The molecule has 2 aromatic heterocycles. The van der Waals surface area contributed by atoms with Gasteiger partial charge in [-0.25, -0.2) is 4.98 Å². The van der Waals surface area contributed by atoms with Gasteiger partial charge in [0.15, 0.2) is 5.82 Å². The molecule has 0 atom stereocenters. The number of fused-ring (bicyclic) bond motifs is 1. The predicted molar refractivity (Wildman–Crippen MR) is 103 cm³/mol. The van der Waals surface area contributed by atoms with E-state index < -0.39 is 0 Å². The van der Waals surface area contributed by atoms with Crippen LogP contribution in [0.1, 0.15) is 24.7 Å². The van der Waals surface area contributed by atoms with Gasteiger partial charge in [0, 0.05) is 6.42 Å². The lowest BCUT2D eigenvalue weighted by atomic mass is 10.2. The molecule has 130 valence electrons. The molecule has 0 saturated carbocycles. The molecule has 0 aliphatic carbocycles. The SMILES string of the molecule is CCCc1nc2s/c(=C\c3cccc(Oc4ccccc4)c3)c(=O)n2n1. The monoisotopic (exact) mass is 363 g/mol. The molecular weight excluding hydrogens is 346 g/mol. The number of nitrogens with zero attached hydrogens (tertiary/aromatic N) is 3. The zero-order valence-corrected chi connectivity index (χ0v) is 15.1. The normalized spacial score (nSPS) is 12.0. The van der Waals surface area contributed by atoms with Crippen LogP contribution in [0.15, 0.2) is 59.4 Å². The van der Waals surface area contributed by atoms with E-state index in [2.05, 4.69) is 17.0 Å². The van der Waals surface area contributed by atoms with Gasteiger partial charge >= 0.3 is 0 Å². The van der Waals surface area contributed by atoms with Crippen molar-refractivity contribution in [3.05, 3.63) is 80.9 Å². The zero-order valence-electron chi connectivity index (χ0n) is 14.3. The average Bonchev–Trinajstić information content (AvgIpc) is 3.16. The maximum Gasteiger partial charge on any atom is 0.291 e. The van der Waals surface area contributed by atoms with Gasteiger partial charge in [-0.1, -0.05) is 48.6 Å². The third kappa shape index (κ3) is 3.36. The molecule has 0 saturated heterocycles. The van der Waals surface area contributed by atoms with Gasteiger partial charge in [0.2, 0.25) is 4.96 Å². The number of aromatic nitrogens is 3. The van der Waals surface area contributed by atoms with Crippen LogP contribution in [0, 0.1) is 0 Å². The molecule has 26 heavy (non-hydrogen) atoms. The standard InChI is InChI=1S/C20H17N3O2S/c1-2-7-18-21-20-23(22-18)19(24)17(26-20)13-14-8-6-11-16(12-14)25-15-9-4-3-5-10-15/h3-6,8-13H,2,7H2,1H3/b17-13-. The average molecular weight is 363 g/mol. The minimum Gasteiger partial charge on any atom is -0.457 e. The fourth-order valence-electron chi connectivity index (χ4n) is 2.65. The Hall–Kier alpha value is -2.99. The van der Waals surface area contributed by atoms with Gasteiger partial charge in [0.25, 0.3) is 5.56 Å². The van der Waals surface area contributed by atoms with Gasteiger partial charge in [-0.2, -0.15) is 4.52 Å². The maximum atomic E-state index is 12.5. The third-order valence-electron chi connectivity index (χ3n) is 3.83. The Morgan fingerprint density at radius 2 is 1.92 bits per heavy atom. The summed E-state index contributed by atoms with van der Waals surface area (Å²) in [7, 11) is 0. The molecule has 4 aromatic rings. The molecular formula is C20H17N3O2S. The Kier molecular flexibility index (Phi) is 4.50. The van der Waals surface area contributed by atoms with Gasteiger partial charge in [-0.3, -0.25) is 4.79 Å². The predicted octanol–water partition coefficient (Wildman–Crippen LogP) is 3.44. The summed E-state index contributed by atoms with van der Waals surface area (Å²) in [6.07, 6.45) is 3.59. The number of hydrogen-bond acceptors (Lipinski definition) is 5. The van der Waals surface area contributed by atoms with Crippen molar-refractivity contribution in [2.75, 3.05) is 0 Å². The van der Waals surface area contributed by atoms with Gasteiger partial charge in [-0.15, -0.1) is 5.10 Å². The van der Waals surface area contributed by atoms with E-state index >= 15 is 0 Å². The third-order valence-corrected chi connectivity index (χ3v) is 4.79. The van der Waals surface area contributed by atoms with E-state index in [4.69, 9.17) is 4.74 Å². The quantitative estimate of drug-likeness (QED) is 0.545. The van der Waals surface area contributed by atoms with Crippen molar-refractivity contribution >= 4 is 22.4 Å². The van der Waals surface area contributed by atoms with Crippen LogP contribution in [0.25, 0.3) is 11.0 Å². The van der Waals surface area contributed by atoms with Crippen molar-refractivity contribution in [3.63, 3.8) is 0 Å². The van der Waals surface area contributed by atoms with Crippen LogP contribution in [0.5, 0.6) is 11.5 Å². The molecule has 2 aromatic carbocycles. The molecule has 0 fully saturated rings. The molecule has 4 rings (SSSR count). The first kappa shape index (κ1) is 16.5. The lowest BCUT2D eigenvalue weighted by molar-refractivity contribution is 0.482. The number of para-hydroxylation sites is 1. The summed E-state index contributed by atoms with van der Waals surface area (Å²) in [4.78, 5) is 17.6. The molecule has 0 unspecified atom stereocenters. The van der Waals surface area contributed by atoms with Crippen LogP contribution in [-0.2, 0) is 6.42 Å². The molecule has 0 amide bonds. The molecule has 0 aliphatic heterocycles. The van der Waals surface area contributed by atoms with Gasteiger partial charge in [0.1, 0.15) is 11.5 Å². The van der Waals surface area contributed by atoms with Crippen LogP contribution in [0.4, 0.5) is 0 Å². The molecule has 0 bridgehead atoms. The lowest BCUT2D eigenvalue weighted by Crippen LogP contribution is -2.23. The van der Waals surface area contributed by atoms with Crippen LogP contribution < -0.4 is 14.8 Å². The topological polar surface area (TPSA) is 56.5 Å². The summed E-state index contributed by atoms with van der Waals surface area (Å²) in [6.45, 7) is 2.07. The summed E-state index contributed by atoms with van der Waals surface area (Å²) < 4.78 is 7.85. The summed E-state index contributed by atoms with van der Waals surface area (Å²) >= 11 is 1.36. The minimum absolute atomic E-state index is 0.130. The zero-order chi connectivity index (χ0) is 17.9. The summed E-state index contributed by atoms with van der Waals surface area (Å²) in [5.74, 6) is 2.22. The maximum absolute atomic E-state index is 12.5. The van der Waals surface area contributed by atoms with Crippen molar-refractivity contribution in [1.29, 1.82) is 0 Å². The molecule has 2 heterocycles. The first-order valence-electron chi connectivity index (χ1n) is 8.46. The second kappa shape index (κ2) is 7.09. The first-order valence-corrected chi connectivity index (χ1v) is 9.28. The highest BCUT2D eigenvalue weighted by atomic mass is 32.1. The Balaban J connectivity index is 1.67. The van der Waals surface area contributed by atoms with Crippen LogP contribution in [-0.4, -0.2) is 14.6 Å². The Morgan fingerprint density at radius 3 is 2.69 bits per heavy atom. The second-order valence-corrected chi connectivity index (χ2v) is 6.88. The number of thiazole rings is 1. The first-order chi connectivity index (χ1) is 12.7. The largest absolute Gasteiger partial charge is 0.457 e. The van der Waals surface area contributed by atoms with Crippen LogP contribution >= 0.6 is 11.3 Å². The molecule has 0 aliphatic rings. The fraction of sp³-hybridized carbons (Fsp3) is 0.150. The van der Waals surface area contributed by atoms with Crippen molar-refractivity contribution in [3.8, 4) is 11.5 Å². The summed E-state index contributed by atoms with van der Waals surface area (Å²) in [6, 6.07) is 17.3. The smallest absolute Gasteiger partial charge is 0.291 e. The number of hydrogen-bond donors (Lipinski definition) is 0. The van der Waals surface area contributed by atoms with Crippen LogP contribution in [0.3, 0.4) is 0 Å². The summed E-state index contributed by atoms with van der Waals surface area (Å²) in [5.41, 5.74) is 0.767. The van der Waals surface area contributed by atoms with E-state index in [0.717, 1.165) is 35.7 Å². The van der Waals surface area contributed by atoms with Crippen molar-refractivity contribution in [1.82, 2.24) is 14.6 Å². The van der Waals surface area contributed by atoms with Crippen molar-refractivity contribution in [2.45, 2.75) is 19.8 Å². The Morgan fingerprint density at radius 1 is 1.12 bits per heavy atom. The Labute approximate surface area is 154 Å². The molecule has 6 heteroatoms. The van der Waals surface area contributed by atoms with E-state index in [1.54, 1.807) is 0 Å². The van der Waals surface area contributed by atoms with Gasteiger partial charge in [-0.05, 0) is 42.3 Å². The Bertz CT molecular complexity index is 1150. The summed E-state index contributed by atoms with van der Waals surface area (Å²) in [5, 5.41) is 4.30. The van der Waals surface area contributed by atoms with Crippen molar-refractivity contribution in [2.24, 2.45) is 0 Å². The van der Waals surface area contributed by atoms with E-state index in [1.807, 2.05) is 60.7 Å². The molecule has 0 N–H and O–H groups in total. The molecule has 0 spiro atoms. The number of rotatable bonds is 5. The highest BCUT2D eigenvalue weighted by Gasteiger charge is 2.09. The fourth-order valence-corrected chi connectivity index (χ4v) is 3.57. The van der Waals surface area contributed by atoms with E-state index in [9.17, 15) is 4.79 Å². The van der Waals surface area contributed by atoms with Gasteiger partial charge < -0.3 is 4.74 Å². The van der Waals surface area contributed by atoms with Gasteiger partial charge in [0.05, 0.1) is 4.53 Å². The highest BCUT2D eigenvalue weighted by Crippen LogP contribution is 2.22. The lowest BCUT2D eigenvalue weighted by Gasteiger charge is -2.05. The van der Waals surface area contributed by atoms with Crippen molar-refractivity contribution < 1.29 is 4.74 Å². The van der Waals surface area contributed by atoms with Crippen LogP contribution in [0.2, 0.25) is 0 Å². The number of aryl methyl sites for hydroxylation is 1. The molecule has 0 radical (unpaired) electrons. The number of benzene rings is 2. The van der Waals surface area contributed by atoms with E-state index in [1.165, 1.54) is 15.9 Å². The van der Waals surface area contributed by atoms with E-state index in [-0.39, 0.29) is 5.56 Å². The molecule has 5 nitrogen and oxygen atoms in total.